The van der Waals surface area contributed by atoms with Gasteiger partial charge >= 0.3 is 6.18 Å². The molecule has 3 N–H and O–H groups in total. The largest absolute Gasteiger partial charge is 0.389 e. The van der Waals surface area contributed by atoms with E-state index < -0.39 is 12.6 Å². The van der Waals surface area contributed by atoms with Crippen LogP contribution in [0.25, 0.3) is 0 Å². The monoisotopic (exact) mass is 282 g/mol. The van der Waals surface area contributed by atoms with Crippen LogP contribution in [-0.4, -0.2) is 25.8 Å². The Kier molecular flexibility index (Phi) is 10.3. The summed E-state index contributed by atoms with van der Waals surface area (Å²) in [7, 11) is 0. The molecule has 0 aromatic rings. The van der Waals surface area contributed by atoms with Crippen molar-refractivity contribution in [2.24, 2.45) is 17.6 Å². The quantitative estimate of drug-likeness (QED) is 0.567. The van der Waals surface area contributed by atoms with Crippen molar-refractivity contribution in [1.82, 2.24) is 5.32 Å². The van der Waals surface area contributed by atoms with Crippen LogP contribution < -0.4 is 11.1 Å². The highest BCUT2D eigenvalue weighted by Gasteiger charge is 2.25. The highest BCUT2D eigenvalue weighted by molar-refractivity contribution is 4.64. The average Bonchev–Trinajstić information content (AvgIpc) is 2.29. The number of nitrogens with two attached hydrogens (primary N) is 1. The van der Waals surface area contributed by atoms with Gasteiger partial charge in [-0.05, 0) is 63.6 Å². The molecule has 0 bridgehead atoms. The van der Waals surface area contributed by atoms with E-state index in [2.05, 4.69) is 19.2 Å². The van der Waals surface area contributed by atoms with Crippen molar-refractivity contribution in [3.63, 3.8) is 0 Å². The number of unbranched alkanes of at least 4 members (excludes halogenated alkanes) is 1. The van der Waals surface area contributed by atoms with E-state index >= 15 is 0 Å². The van der Waals surface area contributed by atoms with Gasteiger partial charge in [-0.3, -0.25) is 0 Å². The summed E-state index contributed by atoms with van der Waals surface area (Å²) in [5.41, 5.74) is 5.58. The Labute approximate surface area is 115 Å². The van der Waals surface area contributed by atoms with Gasteiger partial charge in [-0.15, -0.1) is 0 Å². The maximum Gasteiger partial charge on any atom is 0.389 e. The molecule has 0 heterocycles. The van der Waals surface area contributed by atoms with Crippen LogP contribution in [0, 0.1) is 11.8 Å². The maximum absolute atomic E-state index is 11.9. The number of nitrogens with one attached hydrogen (secondary N) is 1. The van der Waals surface area contributed by atoms with Crippen LogP contribution in [0.2, 0.25) is 0 Å². The van der Waals surface area contributed by atoms with Crippen molar-refractivity contribution < 1.29 is 13.2 Å². The van der Waals surface area contributed by atoms with Gasteiger partial charge in [0.1, 0.15) is 0 Å². The first-order valence-corrected chi connectivity index (χ1v) is 7.34. The fourth-order valence-corrected chi connectivity index (χ4v) is 2.21. The highest BCUT2D eigenvalue weighted by atomic mass is 19.4. The average molecular weight is 282 g/mol. The summed E-state index contributed by atoms with van der Waals surface area (Å²) in [6.45, 7) is 6.72. The lowest BCUT2D eigenvalue weighted by atomic mass is 9.88. The Balaban J connectivity index is 3.39. The molecule has 0 saturated carbocycles. The molecular weight excluding hydrogens is 253 g/mol. The summed E-state index contributed by atoms with van der Waals surface area (Å²) in [6, 6.07) is 0. The zero-order chi connectivity index (χ0) is 14.7. The van der Waals surface area contributed by atoms with Gasteiger partial charge in [-0.2, -0.15) is 13.2 Å². The molecule has 0 saturated heterocycles. The molecule has 1 atom stereocenters. The Morgan fingerprint density at radius 1 is 1.00 bits per heavy atom. The van der Waals surface area contributed by atoms with Gasteiger partial charge in [-0.25, -0.2) is 0 Å². The molecule has 0 aliphatic carbocycles. The van der Waals surface area contributed by atoms with E-state index in [1.54, 1.807) is 0 Å². The first-order chi connectivity index (χ1) is 8.87. The van der Waals surface area contributed by atoms with Crippen LogP contribution in [0.15, 0.2) is 0 Å². The molecule has 0 fully saturated rings. The van der Waals surface area contributed by atoms with Crippen molar-refractivity contribution in [1.29, 1.82) is 0 Å². The van der Waals surface area contributed by atoms with Crippen molar-refractivity contribution in [3.8, 4) is 0 Å². The van der Waals surface area contributed by atoms with E-state index in [1.165, 1.54) is 0 Å². The van der Waals surface area contributed by atoms with E-state index in [9.17, 15) is 13.2 Å². The lowest BCUT2D eigenvalue weighted by Gasteiger charge is -2.20. The topological polar surface area (TPSA) is 38.0 Å². The van der Waals surface area contributed by atoms with Gasteiger partial charge in [0.2, 0.25) is 0 Å². The molecule has 0 spiro atoms. The Morgan fingerprint density at radius 2 is 1.63 bits per heavy atom. The van der Waals surface area contributed by atoms with Gasteiger partial charge in [0.05, 0.1) is 0 Å². The van der Waals surface area contributed by atoms with Gasteiger partial charge in [-0.1, -0.05) is 13.8 Å². The minimum Gasteiger partial charge on any atom is -0.330 e. The molecule has 0 aliphatic heterocycles. The number of rotatable bonds is 11. The zero-order valence-electron chi connectivity index (χ0n) is 12.2. The van der Waals surface area contributed by atoms with Gasteiger partial charge in [0, 0.05) is 6.42 Å². The lowest BCUT2D eigenvalue weighted by Crippen LogP contribution is -2.20. The second kappa shape index (κ2) is 10.5. The standard InChI is InChI=1S/C14H29F3N2/c1-12(2)13(7-9-18)6-5-11-19-10-4-3-8-14(15,16)17/h12-13,19H,3-11,18H2,1-2H3. The third-order valence-corrected chi connectivity index (χ3v) is 3.47. The summed E-state index contributed by atoms with van der Waals surface area (Å²) in [5.74, 6) is 1.31. The maximum atomic E-state index is 11.9. The van der Waals surface area contributed by atoms with E-state index in [0.717, 1.165) is 32.4 Å². The van der Waals surface area contributed by atoms with Gasteiger partial charge in [0.15, 0.2) is 0 Å². The summed E-state index contributed by atoms with van der Waals surface area (Å²) in [4.78, 5) is 0. The van der Waals surface area contributed by atoms with Crippen molar-refractivity contribution in [2.45, 2.75) is 58.5 Å². The van der Waals surface area contributed by atoms with Gasteiger partial charge < -0.3 is 11.1 Å². The Bertz CT molecular complexity index is 205. The molecule has 1 unspecified atom stereocenters. The second-order valence-electron chi connectivity index (χ2n) is 5.55. The fourth-order valence-electron chi connectivity index (χ4n) is 2.21. The van der Waals surface area contributed by atoms with Crippen molar-refractivity contribution in [3.05, 3.63) is 0 Å². The number of alkyl halides is 3. The van der Waals surface area contributed by atoms with E-state index in [0.29, 0.717) is 24.8 Å². The molecule has 0 radical (unpaired) electrons. The predicted octanol–water partition coefficient (Wildman–Crippen LogP) is 3.71. The first-order valence-electron chi connectivity index (χ1n) is 7.34. The Hall–Kier alpha value is -0.290. The molecule has 2 nitrogen and oxygen atoms in total. The summed E-state index contributed by atoms with van der Waals surface area (Å²) >= 11 is 0. The van der Waals surface area contributed by atoms with Crippen LogP contribution >= 0.6 is 0 Å². The molecule has 0 aliphatic rings. The molecular formula is C14H29F3N2. The van der Waals surface area contributed by atoms with Crippen LogP contribution in [0.3, 0.4) is 0 Å². The third-order valence-electron chi connectivity index (χ3n) is 3.47. The van der Waals surface area contributed by atoms with E-state index in [-0.39, 0.29) is 6.42 Å². The number of hydrogen-bond acceptors (Lipinski definition) is 2. The van der Waals surface area contributed by atoms with Crippen LogP contribution in [0.5, 0.6) is 0 Å². The smallest absolute Gasteiger partial charge is 0.330 e. The highest BCUT2D eigenvalue weighted by Crippen LogP contribution is 2.22. The predicted molar refractivity (Wildman–Crippen MR) is 74.0 cm³/mol. The molecule has 5 heteroatoms. The zero-order valence-corrected chi connectivity index (χ0v) is 12.2. The number of halogens is 3. The Morgan fingerprint density at radius 3 is 2.16 bits per heavy atom. The molecule has 0 rings (SSSR count). The molecule has 19 heavy (non-hydrogen) atoms. The van der Waals surface area contributed by atoms with E-state index in [1.807, 2.05) is 0 Å². The molecule has 0 aromatic heterocycles. The number of hydrogen-bond donors (Lipinski definition) is 2. The van der Waals surface area contributed by atoms with E-state index in [4.69, 9.17) is 5.73 Å². The van der Waals surface area contributed by atoms with Crippen molar-refractivity contribution >= 4 is 0 Å². The minimum atomic E-state index is -4.01. The minimum absolute atomic E-state index is 0.221. The van der Waals surface area contributed by atoms with Crippen LogP contribution in [0.4, 0.5) is 13.2 Å². The first kappa shape index (κ1) is 18.7. The summed E-state index contributed by atoms with van der Waals surface area (Å²) in [5, 5.41) is 3.21. The third kappa shape index (κ3) is 12.5. The molecule has 116 valence electrons. The van der Waals surface area contributed by atoms with Crippen LogP contribution in [-0.2, 0) is 0 Å². The molecule has 0 aromatic carbocycles. The fraction of sp³-hybridized carbons (Fsp3) is 1.00. The normalized spacial score (nSPS) is 14.1. The lowest BCUT2D eigenvalue weighted by molar-refractivity contribution is -0.135. The second-order valence-corrected chi connectivity index (χ2v) is 5.55. The van der Waals surface area contributed by atoms with Crippen molar-refractivity contribution in [2.75, 3.05) is 19.6 Å². The van der Waals surface area contributed by atoms with Gasteiger partial charge in [0.25, 0.3) is 0 Å². The molecule has 0 amide bonds. The van der Waals surface area contributed by atoms with Crippen LogP contribution in [0.1, 0.15) is 52.4 Å². The SMILES string of the molecule is CC(C)C(CCN)CCCNCCCCC(F)(F)F. The summed E-state index contributed by atoms with van der Waals surface area (Å²) in [6.07, 6.45) is -0.586. The summed E-state index contributed by atoms with van der Waals surface area (Å²) < 4.78 is 35.7.